The Morgan fingerprint density at radius 1 is 1.22 bits per heavy atom. The van der Waals surface area contributed by atoms with Crippen LogP contribution in [0.1, 0.15) is 38.9 Å². The number of carbonyl (C=O) groups is 1. The molecule has 8 nitrogen and oxygen atoms in total. The van der Waals surface area contributed by atoms with E-state index in [1.165, 1.54) is 11.8 Å². The lowest BCUT2D eigenvalue weighted by Gasteiger charge is -2.07. The number of ketones is 1. The molecule has 4 rings (SSSR count). The Morgan fingerprint density at radius 2 is 2.03 bits per heavy atom. The number of nitrogens with one attached hydrogen (secondary N) is 1. The lowest BCUT2D eigenvalue weighted by Crippen LogP contribution is -2.06. The maximum Gasteiger partial charge on any atom is 0.208 e. The van der Waals surface area contributed by atoms with E-state index in [1.807, 2.05) is 56.5 Å². The second kappa shape index (κ2) is 9.22. The third kappa shape index (κ3) is 4.73. The van der Waals surface area contributed by atoms with E-state index in [2.05, 4.69) is 20.3 Å². The monoisotopic (exact) mass is 471 g/mol. The molecule has 0 atom stereocenters. The SMILES string of the molecule is Cc1cc(-n2c(C)cc(C(=O)CSc3n[nH]c(COc4ccc(Cl)cc4C)n3)c2C)no1. The maximum atomic E-state index is 12.8. The molecule has 1 aromatic carbocycles. The van der Waals surface area contributed by atoms with E-state index in [0.717, 1.165) is 22.7 Å². The summed E-state index contributed by atoms with van der Waals surface area (Å²) in [5.74, 6) is 2.90. The first-order chi connectivity index (χ1) is 15.3. The molecular formula is C22H22ClN5O3S. The van der Waals surface area contributed by atoms with E-state index < -0.39 is 0 Å². The van der Waals surface area contributed by atoms with Crippen LogP contribution in [-0.4, -0.2) is 36.4 Å². The zero-order valence-electron chi connectivity index (χ0n) is 18.1. The van der Waals surface area contributed by atoms with Crippen molar-refractivity contribution >= 4 is 29.1 Å². The van der Waals surface area contributed by atoms with Crippen LogP contribution in [0.25, 0.3) is 5.82 Å². The predicted molar refractivity (Wildman–Crippen MR) is 122 cm³/mol. The van der Waals surface area contributed by atoms with Gasteiger partial charge < -0.3 is 9.26 Å². The van der Waals surface area contributed by atoms with E-state index in [0.29, 0.717) is 33.1 Å². The van der Waals surface area contributed by atoms with Crippen LogP contribution in [0, 0.1) is 27.7 Å². The van der Waals surface area contributed by atoms with Crippen LogP contribution in [0.15, 0.2) is 40.0 Å². The predicted octanol–water partition coefficient (Wildman–Crippen LogP) is 5.02. The Balaban J connectivity index is 1.37. The van der Waals surface area contributed by atoms with Gasteiger partial charge >= 0.3 is 0 Å². The third-order valence-electron chi connectivity index (χ3n) is 4.92. The number of hydrogen-bond acceptors (Lipinski definition) is 7. The van der Waals surface area contributed by atoms with Crippen molar-refractivity contribution in [3.8, 4) is 11.6 Å². The lowest BCUT2D eigenvalue weighted by molar-refractivity contribution is 0.102. The van der Waals surface area contributed by atoms with E-state index in [1.54, 1.807) is 6.07 Å². The molecule has 166 valence electrons. The van der Waals surface area contributed by atoms with E-state index >= 15 is 0 Å². The summed E-state index contributed by atoms with van der Waals surface area (Å²) in [6.45, 7) is 7.83. The summed E-state index contributed by atoms with van der Waals surface area (Å²) >= 11 is 7.25. The van der Waals surface area contributed by atoms with Gasteiger partial charge in [0.05, 0.1) is 5.75 Å². The molecule has 0 aliphatic heterocycles. The van der Waals surface area contributed by atoms with Crippen molar-refractivity contribution in [1.82, 2.24) is 24.9 Å². The maximum absolute atomic E-state index is 12.8. The van der Waals surface area contributed by atoms with Crippen molar-refractivity contribution < 1.29 is 14.1 Å². The van der Waals surface area contributed by atoms with Gasteiger partial charge in [-0.1, -0.05) is 28.5 Å². The number of nitrogens with zero attached hydrogens (tertiary/aromatic N) is 4. The van der Waals surface area contributed by atoms with Gasteiger partial charge in [0.1, 0.15) is 18.1 Å². The Kier molecular flexibility index (Phi) is 6.38. The second-order valence-electron chi connectivity index (χ2n) is 7.39. The highest BCUT2D eigenvalue weighted by Gasteiger charge is 2.19. The molecule has 0 saturated heterocycles. The molecule has 0 spiro atoms. The average molecular weight is 472 g/mol. The summed E-state index contributed by atoms with van der Waals surface area (Å²) in [4.78, 5) is 17.2. The van der Waals surface area contributed by atoms with Crippen molar-refractivity contribution in [3.63, 3.8) is 0 Å². The average Bonchev–Trinajstić information content (AvgIpc) is 3.45. The van der Waals surface area contributed by atoms with Crippen molar-refractivity contribution in [2.24, 2.45) is 0 Å². The van der Waals surface area contributed by atoms with Crippen LogP contribution in [0.5, 0.6) is 5.75 Å². The number of hydrogen-bond donors (Lipinski definition) is 1. The number of aryl methyl sites for hydroxylation is 3. The fourth-order valence-corrected chi connectivity index (χ4v) is 4.32. The zero-order valence-corrected chi connectivity index (χ0v) is 19.7. The van der Waals surface area contributed by atoms with Crippen LogP contribution in [0.4, 0.5) is 0 Å². The largest absolute Gasteiger partial charge is 0.485 e. The molecule has 0 aliphatic rings. The summed E-state index contributed by atoms with van der Waals surface area (Å²) in [6.07, 6.45) is 0. The van der Waals surface area contributed by atoms with Crippen molar-refractivity contribution in [2.45, 2.75) is 39.5 Å². The molecule has 4 aromatic rings. The van der Waals surface area contributed by atoms with E-state index in [9.17, 15) is 4.79 Å². The van der Waals surface area contributed by atoms with Crippen LogP contribution in [-0.2, 0) is 6.61 Å². The van der Waals surface area contributed by atoms with Gasteiger partial charge in [0, 0.05) is 28.0 Å². The molecule has 32 heavy (non-hydrogen) atoms. The smallest absolute Gasteiger partial charge is 0.208 e. The van der Waals surface area contributed by atoms with Crippen LogP contribution >= 0.6 is 23.4 Å². The van der Waals surface area contributed by atoms with Gasteiger partial charge in [0.2, 0.25) is 5.16 Å². The van der Waals surface area contributed by atoms with Gasteiger partial charge in [0.25, 0.3) is 0 Å². The summed E-state index contributed by atoms with van der Waals surface area (Å²) in [7, 11) is 0. The lowest BCUT2D eigenvalue weighted by atomic mass is 10.2. The van der Waals surface area contributed by atoms with Gasteiger partial charge in [0.15, 0.2) is 17.4 Å². The summed E-state index contributed by atoms with van der Waals surface area (Å²) in [6, 6.07) is 9.14. The quantitative estimate of drug-likeness (QED) is 0.284. The minimum absolute atomic E-state index is 0.00560. The molecule has 0 radical (unpaired) electrons. The molecule has 0 bridgehead atoms. The summed E-state index contributed by atoms with van der Waals surface area (Å²) in [5.41, 5.74) is 3.33. The summed E-state index contributed by atoms with van der Waals surface area (Å²) in [5, 5.41) is 12.2. The molecule has 3 heterocycles. The highest BCUT2D eigenvalue weighted by Crippen LogP contribution is 2.24. The molecule has 0 fully saturated rings. The normalized spacial score (nSPS) is 11.2. The summed E-state index contributed by atoms with van der Waals surface area (Å²) < 4.78 is 12.9. The van der Waals surface area contributed by atoms with Gasteiger partial charge in [-0.3, -0.25) is 14.5 Å². The molecule has 0 aliphatic carbocycles. The number of aromatic amines is 1. The fourth-order valence-electron chi connectivity index (χ4n) is 3.39. The van der Waals surface area contributed by atoms with Crippen molar-refractivity contribution in [1.29, 1.82) is 0 Å². The zero-order chi connectivity index (χ0) is 22.8. The fraction of sp³-hybridized carbons (Fsp3) is 0.273. The Morgan fingerprint density at radius 3 is 2.75 bits per heavy atom. The van der Waals surface area contributed by atoms with E-state index in [-0.39, 0.29) is 18.1 Å². The first kappa shape index (κ1) is 22.2. The molecular weight excluding hydrogens is 450 g/mol. The van der Waals surface area contributed by atoms with E-state index in [4.69, 9.17) is 20.9 Å². The standard InChI is InChI=1S/C22H22ClN5O3S/c1-12-7-16(23)5-6-19(12)30-10-20-24-22(26-25-20)32-11-18(29)17-8-13(2)28(15(17)4)21-9-14(3)31-27-21/h5-9H,10-11H2,1-4H3,(H,24,25,26). The molecule has 3 aromatic heterocycles. The van der Waals surface area contributed by atoms with Crippen LogP contribution in [0.3, 0.4) is 0 Å². The number of aromatic nitrogens is 5. The van der Waals surface area contributed by atoms with Gasteiger partial charge in [-0.2, -0.15) is 0 Å². The molecule has 1 N–H and O–H groups in total. The number of carbonyl (C=O) groups excluding carboxylic acids is 1. The van der Waals surface area contributed by atoms with Crippen LogP contribution in [0.2, 0.25) is 5.02 Å². The number of benzene rings is 1. The Labute approximate surface area is 194 Å². The molecule has 0 amide bonds. The highest BCUT2D eigenvalue weighted by atomic mass is 35.5. The molecule has 0 saturated carbocycles. The van der Waals surface area contributed by atoms with Gasteiger partial charge in [-0.25, -0.2) is 4.98 Å². The first-order valence-corrected chi connectivity index (χ1v) is 11.3. The number of thioether (sulfide) groups is 1. The highest BCUT2D eigenvalue weighted by molar-refractivity contribution is 7.99. The van der Waals surface area contributed by atoms with Gasteiger partial charge in [-0.15, -0.1) is 5.10 Å². The number of Topliss-reactive ketones (excluding diaryl/α,β-unsaturated/α-hetero) is 1. The number of H-pyrrole nitrogens is 1. The molecule has 10 heteroatoms. The number of halogens is 1. The molecule has 0 unspecified atom stereocenters. The van der Waals surface area contributed by atoms with Crippen molar-refractivity contribution in [3.05, 3.63) is 69.5 Å². The number of rotatable bonds is 8. The Bertz CT molecular complexity index is 1280. The Hall–Kier alpha value is -3.04. The van der Waals surface area contributed by atoms with Crippen LogP contribution < -0.4 is 4.74 Å². The third-order valence-corrected chi connectivity index (χ3v) is 6.00. The first-order valence-electron chi connectivity index (χ1n) is 9.90. The minimum atomic E-state index is -0.00560. The minimum Gasteiger partial charge on any atom is -0.485 e. The second-order valence-corrected chi connectivity index (χ2v) is 8.77. The van der Waals surface area contributed by atoms with Gasteiger partial charge in [-0.05, 0) is 57.5 Å². The topological polar surface area (TPSA) is 98.8 Å². The number of ether oxygens (including phenoxy) is 1. The van der Waals surface area contributed by atoms with Crippen molar-refractivity contribution in [2.75, 3.05) is 5.75 Å².